The third-order valence-corrected chi connectivity index (χ3v) is 3.86. The Hall–Kier alpha value is -2.07. The van der Waals surface area contributed by atoms with E-state index in [1.807, 2.05) is 36.4 Å². The summed E-state index contributed by atoms with van der Waals surface area (Å²) < 4.78 is 6.35. The smallest absolute Gasteiger partial charge is 0.184 e. The number of hydrogen-bond acceptors (Lipinski definition) is 4. The van der Waals surface area contributed by atoms with Crippen molar-refractivity contribution < 1.29 is 4.74 Å². The summed E-state index contributed by atoms with van der Waals surface area (Å²) in [5, 5.41) is 4.29. The molecule has 96 valence electrons. The van der Waals surface area contributed by atoms with Crippen molar-refractivity contribution in [3.05, 3.63) is 54.1 Å². The van der Waals surface area contributed by atoms with Gasteiger partial charge in [-0.2, -0.15) is 0 Å². The Morgan fingerprint density at radius 2 is 2.00 bits per heavy atom. The molecular weight excluding hydrogens is 256 g/mol. The van der Waals surface area contributed by atoms with Crippen LogP contribution in [0, 0.1) is 0 Å². The quantitative estimate of drug-likeness (QED) is 0.780. The van der Waals surface area contributed by atoms with Crippen molar-refractivity contribution in [2.45, 2.75) is 6.54 Å². The fourth-order valence-electron chi connectivity index (χ4n) is 1.88. The van der Waals surface area contributed by atoms with E-state index in [0.717, 1.165) is 27.6 Å². The topological polar surface area (TPSA) is 34.1 Å². The number of ether oxygens (including phenoxy) is 1. The zero-order valence-electron chi connectivity index (χ0n) is 10.6. The van der Waals surface area contributed by atoms with E-state index in [2.05, 4.69) is 22.4 Å². The predicted molar refractivity (Wildman–Crippen MR) is 79.9 cm³/mol. The third-order valence-electron chi connectivity index (χ3n) is 2.88. The molecule has 3 aromatic rings. The van der Waals surface area contributed by atoms with E-state index in [0.29, 0.717) is 0 Å². The summed E-state index contributed by atoms with van der Waals surface area (Å²) in [6.07, 6.45) is 0. The highest BCUT2D eigenvalue weighted by atomic mass is 32.1. The second kappa shape index (κ2) is 5.28. The molecule has 0 unspecified atom stereocenters. The van der Waals surface area contributed by atoms with Crippen molar-refractivity contribution >= 4 is 26.7 Å². The van der Waals surface area contributed by atoms with Gasteiger partial charge in [-0.25, -0.2) is 4.98 Å². The maximum Gasteiger partial charge on any atom is 0.184 e. The molecule has 4 heteroatoms. The molecule has 1 N–H and O–H groups in total. The highest BCUT2D eigenvalue weighted by Gasteiger charge is 2.04. The molecule has 0 radical (unpaired) electrons. The second-order valence-electron chi connectivity index (χ2n) is 4.19. The molecule has 1 heterocycles. The number of benzene rings is 2. The first-order chi connectivity index (χ1) is 9.35. The molecule has 19 heavy (non-hydrogen) atoms. The Labute approximate surface area is 115 Å². The molecule has 0 saturated carbocycles. The molecule has 0 amide bonds. The van der Waals surface area contributed by atoms with Crippen molar-refractivity contribution in [3.8, 4) is 5.75 Å². The van der Waals surface area contributed by atoms with Crippen molar-refractivity contribution in [2.75, 3.05) is 12.4 Å². The van der Waals surface area contributed by atoms with Crippen LogP contribution in [0.15, 0.2) is 48.5 Å². The number of hydrogen-bond donors (Lipinski definition) is 1. The van der Waals surface area contributed by atoms with Crippen LogP contribution in [0.1, 0.15) is 5.56 Å². The average molecular weight is 270 g/mol. The SMILES string of the molecule is COc1ccc2nc(NCc3ccccc3)sc2c1. The van der Waals surface area contributed by atoms with E-state index >= 15 is 0 Å². The molecule has 0 fully saturated rings. The molecule has 0 spiro atoms. The van der Waals surface area contributed by atoms with Crippen LogP contribution < -0.4 is 10.1 Å². The monoisotopic (exact) mass is 270 g/mol. The lowest BCUT2D eigenvalue weighted by Gasteiger charge is -2.01. The lowest BCUT2D eigenvalue weighted by molar-refractivity contribution is 0.415. The second-order valence-corrected chi connectivity index (χ2v) is 5.22. The summed E-state index contributed by atoms with van der Waals surface area (Å²) in [6.45, 7) is 0.789. The van der Waals surface area contributed by atoms with Crippen molar-refractivity contribution in [3.63, 3.8) is 0 Å². The van der Waals surface area contributed by atoms with Crippen LogP contribution in [0.5, 0.6) is 5.75 Å². The van der Waals surface area contributed by atoms with Gasteiger partial charge in [0.25, 0.3) is 0 Å². The molecule has 0 atom stereocenters. The number of methoxy groups -OCH3 is 1. The van der Waals surface area contributed by atoms with Gasteiger partial charge in [0.2, 0.25) is 0 Å². The van der Waals surface area contributed by atoms with Gasteiger partial charge in [-0.15, -0.1) is 0 Å². The number of nitrogens with zero attached hydrogens (tertiary/aromatic N) is 1. The number of fused-ring (bicyclic) bond motifs is 1. The minimum atomic E-state index is 0.789. The van der Waals surface area contributed by atoms with Gasteiger partial charge in [0.15, 0.2) is 5.13 Å². The van der Waals surface area contributed by atoms with Gasteiger partial charge in [-0.05, 0) is 23.8 Å². The Balaban J connectivity index is 1.78. The van der Waals surface area contributed by atoms with E-state index < -0.39 is 0 Å². The number of nitrogens with one attached hydrogen (secondary N) is 1. The largest absolute Gasteiger partial charge is 0.497 e. The Kier molecular flexibility index (Phi) is 3.33. The van der Waals surface area contributed by atoms with Gasteiger partial charge >= 0.3 is 0 Å². The molecular formula is C15H14N2OS. The van der Waals surface area contributed by atoms with Gasteiger partial charge in [-0.1, -0.05) is 41.7 Å². The predicted octanol–water partition coefficient (Wildman–Crippen LogP) is 3.92. The first-order valence-electron chi connectivity index (χ1n) is 6.07. The number of rotatable bonds is 4. The summed E-state index contributed by atoms with van der Waals surface area (Å²) in [4.78, 5) is 4.56. The minimum Gasteiger partial charge on any atom is -0.497 e. The normalized spacial score (nSPS) is 10.6. The number of thiazole rings is 1. The van der Waals surface area contributed by atoms with Crippen LogP contribution in [-0.2, 0) is 6.54 Å². The molecule has 0 saturated heterocycles. The van der Waals surface area contributed by atoms with Crippen molar-refractivity contribution in [1.29, 1.82) is 0 Å². The highest BCUT2D eigenvalue weighted by Crippen LogP contribution is 2.29. The van der Waals surface area contributed by atoms with Gasteiger partial charge < -0.3 is 10.1 Å². The van der Waals surface area contributed by atoms with Gasteiger partial charge in [-0.3, -0.25) is 0 Å². The third kappa shape index (κ3) is 2.69. The highest BCUT2D eigenvalue weighted by molar-refractivity contribution is 7.22. The van der Waals surface area contributed by atoms with Crippen molar-refractivity contribution in [1.82, 2.24) is 4.98 Å². The Morgan fingerprint density at radius 3 is 2.79 bits per heavy atom. The average Bonchev–Trinajstić information content (AvgIpc) is 2.88. The van der Waals surface area contributed by atoms with Crippen LogP contribution in [0.2, 0.25) is 0 Å². The summed E-state index contributed by atoms with van der Waals surface area (Å²) in [5.41, 5.74) is 2.25. The van der Waals surface area contributed by atoms with Crippen LogP contribution in [0.25, 0.3) is 10.2 Å². The summed E-state index contributed by atoms with van der Waals surface area (Å²) in [7, 11) is 1.68. The number of aromatic nitrogens is 1. The lowest BCUT2D eigenvalue weighted by atomic mass is 10.2. The molecule has 1 aromatic heterocycles. The van der Waals surface area contributed by atoms with E-state index in [9.17, 15) is 0 Å². The first-order valence-corrected chi connectivity index (χ1v) is 6.89. The van der Waals surface area contributed by atoms with Gasteiger partial charge in [0.1, 0.15) is 5.75 Å². The maximum absolute atomic E-state index is 5.22. The lowest BCUT2D eigenvalue weighted by Crippen LogP contribution is -1.97. The maximum atomic E-state index is 5.22. The molecule has 3 rings (SSSR count). The van der Waals surface area contributed by atoms with Crippen LogP contribution in [-0.4, -0.2) is 12.1 Å². The van der Waals surface area contributed by atoms with E-state index in [-0.39, 0.29) is 0 Å². The minimum absolute atomic E-state index is 0.789. The first kappa shape index (κ1) is 12.0. The van der Waals surface area contributed by atoms with Crippen LogP contribution in [0.4, 0.5) is 5.13 Å². The van der Waals surface area contributed by atoms with E-state index in [1.54, 1.807) is 18.4 Å². The fourth-order valence-corrected chi connectivity index (χ4v) is 2.77. The standard InChI is InChI=1S/C15H14N2OS/c1-18-12-7-8-13-14(9-12)19-15(17-13)16-10-11-5-3-2-4-6-11/h2-9H,10H2,1H3,(H,16,17). The molecule has 0 aliphatic heterocycles. The van der Waals surface area contributed by atoms with E-state index in [1.165, 1.54) is 5.56 Å². The van der Waals surface area contributed by atoms with Crippen LogP contribution in [0.3, 0.4) is 0 Å². The zero-order chi connectivity index (χ0) is 13.1. The van der Waals surface area contributed by atoms with Crippen LogP contribution >= 0.6 is 11.3 Å². The molecule has 0 aliphatic rings. The van der Waals surface area contributed by atoms with Crippen molar-refractivity contribution in [2.24, 2.45) is 0 Å². The summed E-state index contributed by atoms with van der Waals surface area (Å²) >= 11 is 1.64. The molecule has 2 aromatic carbocycles. The number of anilines is 1. The van der Waals surface area contributed by atoms with E-state index in [4.69, 9.17) is 4.74 Å². The summed E-state index contributed by atoms with van der Waals surface area (Å²) in [5.74, 6) is 0.866. The molecule has 0 aliphatic carbocycles. The fraction of sp³-hybridized carbons (Fsp3) is 0.133. The van der Waals surface area contributed by atoms with Gasteiger partial charge in [0.05, 0.1) is 17.3 Å². The van der Waals surface area contributed by atoms with Gasteiger partial charge in [0, 0.05) is 6.54 Å². The summed E-state index contributed by atoms with van der Waals surface area (Å²) in [6, 6.07) is 16.2. The Morgan fingerprint density at radius 1 is 1.16 bits per heavy atom. The zero-order valence-corrected chi connectivity index (χ0v) is 11.4. The molecule has 3 nitrogen and oxygen atoms in total. The Bertz CT molecular complexity index is 679. The molecule has 0 bridgehead atoms.